The van der Waals surface area contributed by atoms with E-state index in [0.29, 0.717) is 24.0 Å². The first-order valence-corrected chi connectivity index (χ1v) is 11.7. The van der Waals surface area contributed by atoms with E-state index in [1.165, 1.54) is 5.56 Å². The summed E-state index contributed by atoms with van der Waals surface area (Å²) in [4.78, 5) is 11.3. The number of aliphatic hydroxyl groups is 5. The Kier molecular flexibility index (Phi) is 5.70. The van der Waals surface area contributed by atoms with Gasteiger partial charge in [-0.05, 0) is 78.5 Å². The number of carboxylic acids is 1. The molecular weight excluding hydrogens is 432 g/mol. The zero-order chi connectivity index (χ0) is 23.7. The molecule has 182 valence electrons. The second-order valence-electron chi connectivity index (χ2n) is 10.4. The topological polar surface area (TPSA) is 157 Å². The minimum atomic E-state index is -1.76. The predicted octanol–water partition coefficient (Wildman–Crippen LogP) is 0.145. The normalized spacial score (nSPS) is 46.7. The van der Waals surface area contributed by atoms with Gasteiger partial charge in [-0.2, -0.15) is 0 Å². The van der Waals surface area contributed by atoms with E-state index in [2.05, 4.69) is 6.92 Å². The van der Waals surface area contributed by atoms with Gasteiger partial charge in [0.15, 0.2) is 6.10 Å². The molecule has 5 rings (SSSR count). The maximum atomic E-state index is 11.3. The zero-order valence-electron chi connectivity index (χ0n) is 18.4. The first kappa shape index (κ1) is 23.0. The minimum Gasteiger partial charge on any atom is -0.479 e. The lowest BCUT2D eigenvalue weighted by molar-refractivity contribution is -0.271. The van der Waals surface area contributed by atoms with Crippen LogP contribution in [-0.2, 0) is 16.0 Å². The Morgan fingerprint density at radius 1 is 1.09 bits per heavy atom. The number of rotatable bonds is 3. The van der Waals surface area contributed by atoms with E-state index >= 15 is 0 Å². The van der Waals surface area contributed by atoms with E-state index in [4.69, 9.17) is 9.47 Å². The third-order valence-corrected chi connectivity index (χ3v) is 8.74. The summed E-state index contributed by atoms with van der Waals surface area (Å²) in [5, 5.41) is 60.2. The van der Waals surface area contributed by atoms with Crippen molar-refractivity contribution in [1.29, 1.82) is 0 Å². The zero-order valence-corrected chi connectivity index (χ0v) is 18.4. The minimum absolute atomic E-state index is 0.248. The van der Waals surface area contributed by atoms with Gasteiger partial charge in [-0.15, -0.1) is 0 Å². The van der Waals surface area contributed by atoms with Gasteiger partial charge in [-0.1, -0.05) is 13.0 Å². The quantitative estimate of drug-likeness (QED) is 0.366. The van der Waals surface area contributed by atoms with Crippen LogP contribution in [0.5, 0.6) is 5.75 Å². The number of hydrogen-bond acceptors (Lipinski definition) is 8. The Balaban J connectivity index is 1.34. The molecule has 0 spiro atoms. The fourth-order valence-corrected chi connectivity index (χ4v) is 6.90. The van der Waals surface area contributed by atoms with Crippen LogP contribution in [0.1, 0.15) is 49.7 Å². The number of aryl methyl sites for hydroxylation is 1. The van der Waals surface area contributed by atoms with Crippen molar-refractivity contribution < 1.29 is 44.9 Å². The van der Waals surface area contributed by atoms with Crippen molar-refractivity contribution in [3.63, 3.8) is 0 Å². The summed E-state index contributed by atoms with van der Waals surface area (Å²) in [6, 6.07) is 5.60. The Labute approximate surface area is 191 Å². The molecule has 0 unspecified atom stereocenters. The summed E-state index contributed by atoms with van der Waals surface area (Å²) in [6.07, 6.45) is -5.40. The van der Waals surface area contributed by atoms with Crippen molar-refractivity contribution in [3.8, 4) is 5.75 Å². The highest BCUT2D eigenvalue weighted by atomic mass is 16.7. The smallest absolute Gasteiger partial charge is 0.335 e. The number of aliphatic hydroxyl groups excluding tert-OH is 5. The maximum absolute atomic E-state index is 11.3. The van der Waals surface area contributed by atoms with Crippen LogP contribution in [-0.4, -0.2) is 79.5 Å². The molecule has 2 saturated carbocycles. The molecule has 0 amide bonds. The highest BCUT2D eigenvalue weighted by molar-refractivity contribution is 5.73. The van der Waals surface area contributed by atoms with Gasteiger partial charge >= 0.3 is 5.97 Å². The maximum Gasteiger partial charge on any atom is 0.335 e. The first-order chi connectivity index (χ1) is 15.6. The average Bonchev–Trinajstić information content (AvgIpc) is 3.02. The van der Waals surface area contributed by atoms with Crippen LogP contribution < -0.4 is 4.74 Å². The molecule has 4 aliphatic rings. The number of fused-ring (bicyclic) bond motifs is 5. The van der Waals surface area contributed by atoms with Gasteiger partial charge in [0.1, 0.15) is 24.1 Å². The Morgan fingerprint density at radius 3 is 2.58 bits per heavy atom. The van der Waals surface area contributed by atoms with E-state index in [0.717, 1.165) is 31.2 Å². The molecule has 6 N–H and O–H groups in total. The van der Waals surface area contributed by atoms with Gasteiger partial charge in [-0.3, -0.25) is 0 Å². The van der Waals surface area contributed by atoms with Crippen LogP contribution in [0.2, 0.25) is 0 Å². The third kappa shape index (κ3) is 3.57. The van der Waals surface area contributed by atoms with Gasteiger partial charge in [0.05, 0.1) is 12.2 Å². The molecule has 1 aliphatic heterocycles. The highest BCUT2D eigenvalue weighted by Gasteiger charge is 2.57. The van der Waals surface area contributed by atoms with Gasteiger partial charge < -0.3 is 40.1 Å². The first-order valence-electron chi connectivity index (χ1n) is 11.7. The number of ether oxygens (including phenoxy) is 2. The summed E-state index contributed by atoms with van der Waals surface area (Å²) in [6.45, 7) is 2.10. The molecule has 0 aromatic heterocycles. The molecule has 1 aromatic rings. The summed E-state index contributed by atoms with van der Waals surface area (Å²) in [5.74, 6) is -0.0622. The summed E-state index contributed by atoms with van der Waals surface area (Å²) in [5.41, 5.74) is 2.08. The molecule has 9 nitrogen and oxygen atoms in total. The molecule has 33 heavy (non-hydrogen) atoms. The van der Waals surface area contributed by atoms with Crippen molar-refractivity contribution in [3.05, 3.63) is 29.3 Å². The predicted molar refractivity (Wildman–Crippen MR) is 113 cm³/mol. The standard InChI is InChI=1S/C24H32O9/c1-24-7-6-13-12-5-3-11(32-23-19(28)17(26)18(27)20(33-23)22(30)31)8-10(12)2-4-14(13)15(24)9-16(25)21(24)29/h3,5,8,13-21,23,25-29H,2,4,6-7,9H2,1H3,(H,30,31)/t13-,14-,15-,16+,17+,18+,19-,20+,21+,23-,24-/m0/s1. The van der Waals surface area contributed by atoms with E-state index < -0.39 is 48.9 Å². The van der Waals surface area contributed by atoms with Crippen LogP contribution in [0.25, 0.3) is 0 Å². The molecule has 1 heterocycles. The Hall–Kier alpha value is -1.75. The molecule has 3 fully saturated rings. The second-order valence-corrected chi connectivity index (χ2v) is 10.4. The lowest BCUT2D eigenvalue weighted by atomic mass is 9.55. The van der Waals surface area contributed by atoms with Gasteiger partial charge in [0.25, 0.3) is 0 Å². The molecule has 0 radical (unpaired) electrons. The monoisotopic (exact) mass is 464 g/mol. The number of hydrogen-bond donors (Lipinski definition) is 6. The van der Waals surface area contributed by atoms with Crippen molar-refractivity contribution in [1.82, 2.24) is 0 Å². The van der Waals surface area contributed by atoms with Crippen molar-refractivity contribution in [2.24, 2.45) is 17.3 Å². The average molecular weight is 465 g/mol. The van der Waals surface area contributed by atoms with E-state index in [1.54, 1.807) is 6.07 Å². The van der Waals surface area contributed by atoms with Crippen LogP contribution >= 0.6 is 0 Å². The molecule has 0 bridgehead atoms. The van der Waals surface area contributed by atoms with Crippen molar-refractivity contribution in [2.45, 2.75) is 87.9 Å². The van der Waals surface area contributed by atoms with Gasteiger partial charge in [0.2, 0.25) is 6.29 Å². The number of carboxylic acid groups (broad SMARTS) is 1. The van der Waals surface area contributed by atoms with Crippen LogP contribution in [0.15, 0.2) is 18.2 Å². The van der Waals surface area contributed by atoms with Gasteiger partial charge in [0, 0.05) is 0 Å². The fourth-order valence-electron chi connectivity index (χ4n) is 6.90. The molecule has 9 heteroatoms. The lowest BCUT2D eigenvalue weighted by Crippen LogP contribution is -2.61. The summed E-state index contributed by atoms with van der Waals surface area (Å²) in [7, 11) is 0. The molecule has 3 aliphatic carbocycles. The van der Waals surface area contributed by atoms with Crippen LogP contribution in [0, 0.1) is 17.3 Å². The summed E-state index contributed by atoms with van der Waals surface area (Å²) >= 11 is 0. The molecule has 1 saturated heterocycles. The van der Waals surface area contributed by atoms with Crippen molar-refractivity contribution in [2.75, 3.05) is 0 Å². The Bertz CT molecular complexity index is 921. The third-order valence-electron chi connectivity index (χ3n) is 8.74. The number of aliphatic carboxylic acids is 1. The van der Waals surface area contributed by atoms with Crippen LogP contribution in [0.4, 0.5) is 0 Å². The highest BCUT2D eigenvalue weighted by Crippen LogP contribution is 2.61. The lowest BCUT2D eigenvalue weighted by Gasteiger charge is -2.50. The number of benzene rings is 1. The van der Waals surface area contributed by atoms with E-state index in [9.17, 15) is 35.4 Å². The molecular formula is C24H32O9. The number of carbonyl (C=O) groups is 1. The SMILES string of the molecule is C[C@]12CC[C@H]3c4ccc(O[C@H]5O[C@@H](C(=O)O)[C@H](O)[C@@H](O)[C@@H]5O)cc4CC[C@@H]3[C@@H]1C[C@@H](O)[C@H]2O. The van der Waals surface area contributed by atoms with E-state index in [1.807, 2.05) is 12.1 Å². The summed E-state index contributed by atoms with van der Waals surface area (Å²) < 4.78 is 10.9. The Morgan fingerprint density at radius 2 is 1.85 bits per heavy atom. The van der Waals surface area contributed by atoms with E-state index in [-0.39, 0.29) is 11.3 Å². The van der Waals surface area contributed by atoms with Gasteiger partial charge in [-0.25, -0.2) is 4.79 Å². The fraction of sp³-hybridized carbons (Fsp3) is 0.708. The van der Waals surface area contributed by atoms with Crippen LogP contribution in [0.3, 0.4) is 0 Å². The molecule has 1 aromatic carbocycles. The largest absolute Gasteiger partial charge is 0.479 e. The second kappa shape index (κ2) is 8.18. The van der Waals surface area contributed by atoms with Crippen molar-refractivity contribution >= 4 is 5.97 Å². The molecule has 11 atom stereocenters.